The number of nitrogens with zero attached hydrogens (tertiary/aromatic N) is 2. The largest absolute Gasteiger partial charge is 0.491 e. The van der Waals surface area contributed by atoms with Gasteiger partial charge in [0.2, 0.25) is 5.91 Å². The molecule has 6 nitrogen and oxygen atoms in total. The molecule has 0 bridgehead atoms. The third-order valence-electron chi connectivity index (χ3n) is 4.35. The number of carbonyl (C=O) groups is 1. The van der Waals surface area contributed by atoms with E-state index in [-0.39, 0.29) is 47.4 Å². The maximum absolute atomic E-state index is 14.0. The summed E-state index contributed by atoms with van der Waals surface area (Å²) in [5.74, 6) is 0.675. The first-order valence-electron chi connectivity index (χ1n) is 9.26. The van der Waals surface area contributed by atoms with Crippen LogP contribution < -0.4 is 15.8 Å². The second-order valence-corrected chi connectivity index (χ2v) is 6.49. The van der Waals surface area contributed by atoms with Gasteiger partial charge in [0.05, 0.1) is 13.2 Å². The Morgan fingerprint density at radius 2 is 2.22 bits per heavy atom. The lowest BCUT2D eigenvalue weighted by Crippen LogP contribution is -2.47. The number of rotatable bonds is 7. The molecule has 1 amide bonds. The highest BCUT2D eigenvalue weighted by Crippen LogP contribution is 2.21. The van der Waals surface area contributed by atoms with Gasteiger partial charge in [0.1, 0.15) is 0 Å². The smallest absolute Gasteiger partial charge is 0.217 e. The van der Waals surface area contributed by atoms with Crippen molar-refractivity contribution in [2.24, 2.45) is 16.6 Å². The number of guanidine groups is 1. The molecule has 1 aliphatic rings. The fourth-order valence-electron chi connectivity index (χ4n) is 3.22. The Morgan fingerprint density at radius 3 is 2.85 bits per heavy atom. The minimum Gasteiger partial charge on any atom is -0.491 e. The van der Waals surface area contributed by atoms with Gasteiger partial charge in [-0.25, -0.2) is 9.38 Å². The molecule has 0 aromatic heterocycles. The van der Waals surface area contributed by atoms with Crippen LogP contribution in [-0.2, 0) is 11.3 Å². The van der Waals surface area contributed by atoms with Gasteiger partial charge in [-0.15, -0.1) is 24.0 Å². The quantitative estimate of drug-likeness (QED) is 0.349. The number of aliphatic imine (C=N–C) groups is 1. The molecule has 1 aromatic rings. The minimum atomic E-state index is -0.371. The minimum absolute atomic E-state index is 0. The SMILES string of the molecule is CCNC(=NCc1ccc(OCC)c(F)c1)N1CCCC(CC(N)=O)C1.I. The Balaban J connectivity index is 0.00000364. The maximum Gasteiger partial charge on any atom is 0.217 e. The lowest BCUT2D eigenvalue weighted by molar-refractivity contribution is -0.119. The summed E-state index contributed by atoms with van der Waals surface area (Å²) in [4.78, 5) is 18.0. The van der Waals surface area contributed by atoms with Crippen LogP contribution in [0.15, 0.2) is 23.2 Å². The Morgan fingerprint density at radius 1 is 1.44 bits per heavy atom. The van der Waals surface area contributed by atoms with Crippen molar-refractivity contribution < 1.29 is 13.9 Å². The maximum atomic E-state index is 14.0. The number of halogens is 2. The van der Waals surface area contributed by atoms with E-state index in [1.54, 1.807) is 6.07 Å². The van der Waals surface area contributed by atoms with Gasteiger partial charge in [0, 0.05) is 26.1 Å². The second kappa shape index (κ2) is 12.0. The molecule has 0 radical (unpaired) electrons. The van der Waals surface area contributed by atoms with E-state index in [0.717, 1.165) is 44.0 Å². The van der Waals surface area contributed by atoms with Crippen molar-refractivity contribution in [1.82, 2.24) is 10.2 Å². The topological polar surface area (TPSA) is 80.0 Å². The molecule has 152 valence electrons. The Labute approximate surface area is 177 Å². The summed E-state index contributed by atoms with van der Waals surface area (Å²) in [7, 11) is 0. The summed E-state index contributed by atoms with van der Waals surface area (Å²) >= 11 is 0. The van der Waals surface area contributed by atoms with Crippen molar-refractivity contribution in [3.63, 3.8) is 0 Å². The summed E-state index contributed by atoms with van der Waals surface area (Å²) in [6.45, 7) is 7.03. The number of primary amides is 1. The highest BCUT2D eigenvalue weighted by atomic mass is 127. The zero-order chi connectivity index (χ0) is 18.9. The third-order valence-corrected chi connectivity index (χ3v) is 4.35. The van der Waals surface area contributed by atoms with Gasteiger partial charge in [-0.1, -0.05) is 6.07 Å². The van der Waals surface area contributed by atoms with Crippen LogP contribution in [0.4, 0.5) is 4.39 Å². The monoisotopic (exact) mass is 492 g/mol. The third kappa shape index (κ3) is 7.51. The van der Waals surface area contributed by atoms with Crippen molar-refractivity contribution >= 4 is 35.8 Å². The van der Waals surface area contributed by atoms with E-state index in [2.05, 4.69) is 15.2 Å². The predicted molar refractivity (Wildman–Crippen MR) is 116 cm³/mol. The summed E-state index contributed by atoms with van der Waals surface area (Å²) in [6.07, 6.45) is 2.41. The van der Waals surface area contributed by atoms with E-state index in [4.69, 9.17) is 10.5 Å². The van der Waals surface area contributed by atoms with Crippen LogP contribution in [0.5, 0.6) is 5.75 Å². The first-order chi connectivity index (χ1) is 12.5. The number of ether oxygens (including phenoxy) is 1. The number of amides is 1. The molecular formula is C19H30FIN4O2. The first-order valence-corrected chi connectivity index (χ1v) is 9.26. The lowest BCUT2D eigenvalue weighted by atomic mass is 9.95. The predicted octanol–water partition coefficient (Wildman–Crippen LogP) is 2.90. The summed E-state index contributed by atoms with van der Waals surface area (Å²) in [5, 5.41) is 3.28. The van der Waals surface area contributed by atoms with Gasteiger partial charge in [-0.2, -0.15) is 0 Å². The van der Waals surface area contributed by atoms with E-state index in [1.165, 1.54) is 6.07 Å². The van der Waals surface area contributed by atoms with Crippen LogP contribution in [0.3, 0.4) is 0 Å². The number of likely N-dealkylation sites (tertiary alicyclic amines) is 1. The van der Waals surface area contributed by atoms with Crippen LogP contribution in [0.1, 0.15) is 38.7 Å². The molecule has 1 aliphatic heterocycles. The molecule has 0 aliphatic carbocycles. The first kappa shape index (κ1) is 23.5. The zero-order valence-corrected chi connectivity index (χ0v) is 18.4. The molecule has 0 spiro atoms. The van der Waals surface area contributed by atoms with Crippen LogP contribution in [0.2, 0.25) is 0 Å². The van der Waals surface area contributed by atoms with Crippen molar-refractivity contribution in [3.8, 4) is 5.75 Å². The van der Waals surface area contributed by atoms with Crippen LogP contribution in [0, 0.1) is 11.7 Å². The molecule has 1 unspecified atom stereocenters. The Hall–Kier alpha value is -1.58. The van der Waals surface area contributed by atoms with Gasteiger partial charge in [-0.05, 0) is 50.3 Å². The average Bonchev–Trinajstić information content (AvgIpc) is 2.60. The van der Waals surface area contributed by atoms with Gasteiger partial charge >= 0.3 is 0 Å². The highest BCUT2D eigenvalue weighted by molar-refractivity contribution is 14.0. The highest BCUT2D eigenvalue weighted by Gasteiger charge is 2.23. The number of carbonyl (C=O) groups excluding carboxylic acids is 1. The van der Waals surface area contributed by atoms with Crippen molar-refractivity contribution in [3.05, 3.63) is 29.6 Å². The standard InChI is InChI=1S/C19H29FN4O2.HI/c1-3-22-19(24-9-5-6-15(13-24)11-18(21)25)23-12-14-7-8-17(26-4-2)16(20)10-14;/h7-8,10,15H,3-6,9,11-13H2,1-2H3,(H2,21,25)(H,22,23);1H. The van der Waals surface area contributed by atoms with E-state index >= 15 is 0 Å². The molecule has 3 N–H and O–H groups in total. The fraction of sp³-hybridized carbons (Fsp3) is 0.579. The van der Waals surface area contributed by atoms with Crippen molar-refractivity contribution in [2.75, 3.05) is 26.2 Å². The number of piperidine rings is 1. The number of hydrogen-bond acceptors (Lipinski definition) is 3. The molecule has 8 heteroatoms. The number of hydrogen-bond donors (Lipinski definition) is 2. The van der Waals surface area contributed by atoms with Gasteiger partial charge in [0.15, 0.2) is 17.5 Å². The summed E-state index contributed by atoms with van der Waals surface area (Å²) in [6, 6.07) is 4.93. The zero-order valence-electron chi connectivity index (χ0n) is 16.0. The van der Waals surface area contributed by atoms with E-state index in [1.807, 2.05) is 19.9 Å². The lowest BCUT2D eigenvalue weighted by Gasteiger charge is -2.34. The van der Waals surface area contributed by atoms with Gasteiger partial charge in [0.25, 0.3) is 0 Å². The van der Waals surface area contributed by atoms with Crippen molar-refractivity contribution in [1.29, 1.82) is 0 Å². The number of nitrogens with two attached hydrogens (primary N) is 1. The van der Waals surface area contributed by atoms with Gasteiger partial charge in [-0.3, -0.25) is 4.79 Å². The van der Waals surface area contributed by atoms with Gasteiger partial charge < -0.3 is 20.7 Å². The number of benzene rings is 1. The van der Waals surface area contributed by atoms with Crippen LogP contribution in [0.25, 0.3) is 0 Å². The number of nitrogens with one attached hydrogen (secondary N) is 1. The van der Waals surface area contributed by atoms with E-state index in [9.17, 15) is 9.18 Å². The molecule has 1 atom stereocenters. The summed E-state index contributed by atoms with van der Waals surface area (Å²) < 4.78 is 19.2. The van der Waals surface area contributed by atoms with E-state index in [0.29, 0.717) is 19.6 Å². The molecule has 2 rings (SSSR count). The molecule has 1 aromatic carbocycles. The van der Waals surface area contributed by atoms with Crippen molar-refractivity contribution in [2.45, 2.75) is 39.7 Å². The van der Waals surface area contributed by atoms with Crippen LogP contribution in [-0.4, -0.2) is 43.0 Å². The molecular weight excluding hydrogens is 462 g/mol. The Bertz CT molecular complexity index is 642. The molecule has 27 heavy (non-hydrogen) atoms. The normalized spacial score (nSPS) is 17.2. The molecule has 0 saturated carbocycles. The average molecular weight is 492 g/mol. The molecule has 1 heterocycles. The summed E-state index contributed by atoms with van der Waals surface area (Å²) in [5.41, 5.74) is 6.12. The van der Waals surface area contributed by atoms with Crippen LogP contribution >= 0.6 is 24.0 Å². The molecule has 1 fully saturated rings. The van der Waals surface area contributed by atoms with E-state index < -0.39 is 0 Å². The Kier molecular flexibility index (Phi) is 10.4. The second-order valence-electron chi connectivity index (χ2n) is 6.49. The fourth-order valence-corrected chi connectivity index (χ4v) is 3.22. The molecule has 1 saturated heterocycles.